The Kier molecular flexibility index (Phi) is 2.73. The van der Waals surface area contributed by atoms with Gasteiger partial charge in [0.1, 0.15) is 0 Å². The maximum Gasteiger partial charge on any atom is 0.237 e. The van der Waals surface area contributed by atoms with E-state index < -0.39 is 5.54 Å². The van der Waals surface area contributed by atoms with E-state index in [9.17, 15) is 4.79 Å². The molecule has 1 aliphatic rings. The van der Waals surface area contributed by atoms with Crippen LogP contribution in [0.4, 0.5) is 0 Å². The fourth-order valence-corrected chi connectivity index (χ4v) is 1.44. The van der Waals surface area contributed by atoms with Crippen LogP contribution in [0.5, 0.6) is 0 Å². The molecule has 0 aromatic carbocycles. The topological polar surface area (TPSA) is 55.1 Å². The number of carbonyl (C=O) groups is 1. The van der Waals surface area contributed by atoms with Gasteiger partial charge in [0.15, 0.2) is 0 Å². The zero-order valence-electron chi connectivity index (χ0n) is 7.89. The SMILES string of the molecule is CCCC(C)(NC1CC1)C(N)=O. The van der Waals surface area contributed by atoms with Gasteiger partial charge in [0.25, 0.3) is 0 Å². The fourth-order valence-electron chi connectivity index (χ4n) is 1.44. The summed E-state index contributed by atoms with van der Waals surface area (Å²) in [6.07, 6.45) is 4.19. The largest absolute Gasteiger partial charge is 0.368 e. The molecule has 3 nitrogen and oxygen atoms in total. The average Bonchev–Trinajstić information content (AvgIpc) is 2.71. The first-order valence-corrected chi connectivity index (χ1v) is 4.66. The molecular formula is C9H18N2O. The molecule has 3 N–H and O–H groups in total. The van der Waals surface area contributed by atoms with Crippen molar-refractivity contribution in [3.63, 3.8) is 0 Å². The number of hydrogen-bond donors (Lipinski definition) is 2. The Morgan fingerprint density at radius 1 is 1.67 bits per heavy atom. The molecule has 0 heterocycles. The lowest BCUT2D eigenvalue weighted by Gasteiger charge is -2.26. The summed E-state index contributed by atoms with van der Waals surface area (Å²) in [5.74, 6) is -0.226. The fraction of sp³-hybridized carbons (Fsp3) is 0.889. The number of carbonyl (C=O) groups excluding carboxylic acids is 1. The van der Waals surface area contributed by atoms with E-state index in [1.54, 1.807) is 0 Å². The Balaban J connectivity index is 2.49. The van der Waals surface area contributed by atoms with Crippen LogP contribution in [0, 0.1) is 0 Å². The molecule has 1 amide bonds. The molecule has 1 atom stereocenters. The van der Waals surface area contributed by atoms with Gasteiger partial charge < -0.3 is 11.1 Å². The zero-order chi connectivity index (χ0) is 9.19. The quantitative estimate of drug-likeness (QED) is 0.640. The highest BCUT2D eigenvalue weighted by Crippen LogP contribution is 2.24. The molecule has 1 rings (SSSR count). The number of primary amides is 1. The van der Waals surface area contributed by atoms with E-state index in [0.29, 0.717) is 6.04 Å². The standard InChI is InChI=1S/C9H18N2O/c1-3-6-9(2,8(10)12)11-7-4-5-7/h7,11H,3-6H2,1-2H3,(H2,10,12). The number of amides is 1. The van der Waals surface area contributed by atoms with Crippen molar-refractivity contribution < 1.29 is 4.79 Å². The van der Waals surface area contributed by atoms with Crippen LogP contribution < -0.4 is 11.1 Å². The van der Waals surface area contributed by atoms with Crippen LogP contribution in [0.25, 0.3) is 0 Å². The summed E-state index contributed by atoms with van der Waals surface area (Å²) in [6, 6.07) is 0.536. The number of nitrogens with two attached hydrogens (primary N) is 1. The first-order chi connectivity index (χ1) is 5.58. The summed E-state index contributed by atoms with van der Waals surface area (Å²) < 4.78 is 0. The third kappa shape index (κ3) is 2.21. The van der Waals surface area contributed by atoms with Gasteiger partial charge in [-0.05, 0) is 26.2 Å². The third-order valence-corrected chi connectivity index (χ3v) is 2.39. The van der Waals surface area contributed by atoms with Crippen molar-refractivity contribution in [3.8, 4) is 0 Å². The van der Waals surface area contributed by atoms with Crippen molar-refractivity contribution in [2.75, 3.05) is 0 Å². The highest BCUT2D eigenvalue weighted by Gasteiger charge is 2.35. The van der Waals surface area contributed by atoms with E-state index in [-0.39, 0.29) is 5.91 Å². The predicted molar refractivity (Wildman–Crippen MR) is 48.7 cm³/mol. The first kappa shape index (κ1) is 9.52. The summed E-state index contributed by atoms with van der Waals surface area (Å²) in [6.45, 7) is 3.97. The van der Waals surface area contributed by atoms with Crippen LogP contribution in [-0.2, 0) is 4.79 Å². The van der Waals surface area contributed by atoms with E-state index in [4.69, 9.17) is 5.73 Å². The van der Waals surface area contributed by atoms with Gasteiger partial charge in [-0.25, -0.2) is 0 Å². The second kappa shape index (κ2) is 3.44. The van der Waals surface area contributed by atoms with Gasteiger partial charge in [0.05, 0.1) is 5.54 Å². The highest BCUT2D eigenvalue weighted by molar-refractivity contribution is 5.84. The summed E-state index contributed by atoms with van der Waals surface area (Å²) >= 11 is 0. The minimum Gasteiger partial charge on any atom is -0.368 e. The minimum absolute atomic E-state index is 0.226. The van der Waals surface area contributed by atoms with Crippen LogP contribution in [0.3, 0.4) is 0 Å². The molecular weight excluding hydrogens is 152 g/mol. The van der Waals surface area contributed by atoms with Crippen molar-refractivity contribution in [1.82, 2.24) is 5.32 Å². The monoisotopic (exact) mass is 170 g/mol. The smallest absolute Gasteiger partial charge is 0.237 e. The molecule has 0 bridgehead atoms. The zero-order valence-corrected chi connectivity index (χ0v) is 7.89. The lowest BCUT2D eigenvalue weighted by Crippen LogP contribution is -2.53. The van der Waals surface area contributed by atoms with Crippen molar-refractivity contribution >= 4 is 5.91 Å². The molecule has 1 unspecified atom stereocenters. The van der Waals surface area contributed by atoms with E-state index in [1.165, 1.54) is 12.8 Å². The molecule has 0 spiro atoms. The second-order valence-corrected chi connectivity index (χ2v) is 3.86. The van der Waals surface area contributed by atoms with Crippen LogP contribution in [0.15, 0.2) is 0 Å². The Hall–Kier alpha value is -0.570. The summed E-state index contributed by atoms with van der Waals surface area (Å²) in [5, 5.41) is 3.29. The summed E-state index contributed by atoms with van der Waals surface area (Å²) in [7, 11) is 0. The average molecular weight is 170 g/mol. The molecule has 0 radical (unpaired) electrons. The molecule has 3 heteroatoms. The van der Waals surface area contributed by atoms with Gasteiger partial charge in [-0.2, -0.15) is 0 Å². The molecule has 1 aliphatic carbocycles. The van der Waals surface area contributed by atoms with E-state index in [2.05, 4.69) is 12.2 Å². The predicted octanol–water partition coefficient (Wildman–Crippen LogP) is 0.783. The number of hydrogen-bond acceptors (Lipinski definition) is 2. The number of nitrogens with one attached hydrogen (secondary N) is 1. The normalized spacial score (nSPS) is 21.8. The Bertz CT molecular complexity index is 177. The molecule has 0 aliphatic heterocycles. The van der Waals surface area contributed by atoms with Crippen molar-refractivity contribution in [2.24, 2.45) is 5.73 Å². The Labute approximate surface area is 73.7 Å². The molecule has 1 saturated carbocycles. The minimum atomic E-state index is -0.476. The maximum atomic E-state index is 11.1. The lowest BCUT2D eigenvalue weighted by molar-refractivity contribution is -0.124. The highest BCUT2D eigenvalue weighted by atomic mass is 16.1. The van der Waals surface area contributed by atoms with Crippen LogP contribution in [0.2, 0.25) is 0 Å². The first-order valence-electron chi connectivity index (χ1n) is 4.66. The van der Waals surface area contributed by atoms with Gasteiger partial charge >= 0.3 is 0 Å². The Morgan fingerprint density at radius 2 is 2.25 bits per heavy atom. The molecule has 12 heavy (non-hydrogen) atoms. The molecule has 1 fully saturated rings. The van der Waals surface area contributed by atoms with Crippen molar-refractivity contribution in [1.29, 1.82) is 0 Å². The van der Waals surface area contributed by atoms with E-state index >= 15 is 0 Å². The summed E-state index contributed by atoms with van der Waals surface area (Å²) in [4.78, 5) is 11.1. The third-order valence-electron chi connectivity index (χ3n) is 2.39. The second-order valence-electron chi connectivity index (χ2n) is 3.86. The lowest BCUT2D eigenvalue weighted by atomic mass is 9.95. The van der Waals surface area contributed by atoms with Gasteiger partial charge in [-0.1, -0.05) is 13.3 Å². The van der Waals surface area contributed by atoms with Gasteiger partial charge in [-0.3, -0.25) is 4.79 Å². The van der Waals surface area contributed by atoms with Crippen molar-refractivity contribution in [2.45, 2.75) is 51.1 Å². The van der Waals surface area contributed by atoms with Crippen LogP contribution >= 0.6 is 0 Å². The van der Waals surface area contributed by atoms with Crippen LogP contribution in [-0.4, -0.2) is 17.5 Å². The van der Waals surface area contributed by atoms with Gasteiger partial charge in [0.2, 0.25) is 5.91 Å². The molecule has 0 aromatic heterocycles. The van der Waals surface area contributed by atoms with E-state index in [0.717, 1.165) is 12.8 Å². The van der Waals surface area contributed by atoms with Gasteiger partial charge in [-0.15, -0.1) is 0 Å². The Morgan fingerprint density at radius 3 is 2.58 bits per heavy atom. The van der Waals surface area contributed by atoms with Gasteiger partial charge in [0, 0.05) is 6.04 Å². The molecule has 0 saturated heterocycles. The van der Waals surface area contributed by atoms with Crippen molar-refractivity contribution in [3.05, 3.63) is 0 Å². The maximum absolute atomic E-state index is 11.1. The van der Waals surface area contributed by atoms with Crippen LogP contribution in [0.1, 0.15) is 39.5 Å². The number of rotatable bonds is 5. The summed E-state index contributed by atoms with van der Waals surface area (Å²) in [5.41, 5.74) is 4.86. The molecule has 70 valence electrons. The van der Waals surface area contributed by atoms with E-state index in [1.807, 2.05) is 6.92 Å². The molecule has 0 aromatic rings.